The summed E-state index contributed by atoms with van der Waals surface area (Å²) in [6.07, 6.45) is 0. The van der Waals surface area contributed by atoms with Gasteiger partial charge in [0.15, 0.2) is 4.34 Å². The van der Waals surface area contributed by atoms with Crippen LogP contribution in [-0.4, -0.2) is 9.36 Å². The molecule has 0 saturated heterocycles. The second-order valence-electron chi connectivity index (χ2n) is 3.36. The number of rotatable bonds is 3. The van der Waals surface area contributed by atoms with Crippen molar-refractivity contribution in [3.63, 3.8) is 0 Å². The number of halogens is 1. The lowest BCUT2D eigenvalue weighted by atomic mass is 10.1. The number of aromatic nitrogens is 2. The summed E-state index contributed by atoms with van der Waals surface area (Å²) in [6, 6.07) is 6.28. The van der Waals surface area contributed by atoms with Gasteiger partial charge in [-0.25, -0.2) is 9.37 Å². The Morgan fingerprint density at radius 2 is 2.29 bits per heavy atom. The molecule has 0 amide bonds. The molecule has 3 nitrogen and oxygen atoms in total. The van der Waals surface area contributed by atoms with Gasteiger partial charge in [0, 0.05) is 5.75 Å². The van der Waals surface area contributed by atoms with Crippen LogP contribution >= 0.6 is 23.3 Å². The molecule has 0 saturated carbocycles. The first-order chi connectivity index (χ1) is 8.17. The highest BCUT2D eigenvalue weighted by atomic mass is 32.2. The highest BCUT2D eigenvalue weighted by molar-refractivity contribution is 8.00. The predicted octanol–water partition coefficient (Wildman–Crippen LogP) is 3.15. The fraction of sp³-hybridized carbons (Fsp3) is 0.182. The van der Waals surface area contributed by atoms with Crippen LogP contribution in [0.1, 0.15) is 17.0 Å². The van der Waals surface area contributed by atoms with Crippen molar-refractivity contribution in [3.8, 4) is 6.07 Å². The van der Waals surface area contributed by atoms with Gasteiger partial charge in [-0.15, -0.1) is 0 Å². The second-order valence-corrected chi connectivity index (χ2v) is 5.33. The fourth-order valence-corrected chi connectivity index (χ4v) is 2.86. The average molecular weight is 265 g/mol. The molecule has 0 atom stereocenters. The standard InChI is InChI=1S/C11H8FN3S2/c1-7-14-11(17-15-7)16-6-9-2-8(5-13)3-10(12)4-9/h2-4H,6H2,1H3. The van der Waals surface area contributed by atoms with E-state index < -0.39 is 0 Å². The van der Waals surface area contributed by atoms with E-state index in [-0.39, 0.29) is 5.82 Å². The fourth-order valence-electron chi connectivity index (χ4n) is 1.28. The van der Waals surface area contributed by atoms with Crippen LogP contribution < -0.4 is 0 Å². The van der Waals surface area contributed by atoms with Gasteiger partial charge in [-0.05, 0) is 42.2 Å². The summed E-state index contributed by atoms with van der Waals surface area (Å²) < 4.78 is 18.1. The van der Waals surface area contributed by atoms with Crippen LogP contribution in [0.15, 0.2) is 22.5 Å². The van der Waals surface area contributed by atoms with Gasteiger partial charge in [0.2, 0.25) is 0 Å². The number of hydrogen-bond donors (Lipinski definition) is 0. The Labute approximate surface area is 106 Å². The first-order valence-electron chi connectivity index (χ1n) is 4.80. The lowest BCUT2D eigenvalue weighted by Crippen LogP contribution is -1.86. The van der Waals surface area contributed by atoms with Crippen LogP contribution in [0.5, 0.6) is 0 Å². The molecule has 0 bridgehead atoms. The first-order valence-corrected chi connectivity index (χ1v) is 6.56. The van der Waals surface area contributed by atoms with E-state index in [0.29, 0.717) is 11.3 Å². The SMILES string of the molecule is Cc1nsc(SCc2cc(F)cc(C#N)c2)n1. The van der Waals surface area contributed by atoms with Crippen molar-refractivity contribution in [2.75, 3.05) is 0 Å². The van der Waals surface area contributed by atoms with Crippen molar-refractivity contribution in [1.82, 2.24) is 9.36 Å². The van der Waals surface area contributed by atoms with Crippen LogP contribution in [0.3, 0.4) is 0 Å². The number of nitrogens with zero attached hydrogens (tertiary/aromatic N) is 3. The Bertz CT molecular complexity index is 574. The number of benzene rings is 1. The second kappa shape index (κ2) is 5.25. The minimum absolute atomic E-state index is 0.342. The molecule has 2 aromatic rings. The van der Waals surface area contributed by atoms with Crippen LogP contribution in [0.4, 0.5) is 4.39 Å². The molecule has 0 spiro atoms. The van der Waals surface area contributed by atoms with E-state index in [4.69, 9.17) is 5.26 Å². The Kier molecular flexibility index (Phi) is 3.71. The van der Waals surface area contributed by atoms with Gasteiger partial charge in [0.1, 0.15) is 11.6 Å². The molecule has 0 radical (unpaired) electrons. The summed E-state index contributed by atoms with van der Waals surface area (Å²) in [5.74, 6) is 0.948. The van der Waals surface area contributed by atoms with Crippen molar-refractivity contribution in [1.29, 1.82) is 5.26 Å². The summed E-state index contributed by atoms with van der Waals surface area (Å²) in [5.41, 5.74) is 1.12. The monoisotopic (exact) mass is 265 g/mol. The van der Waals surface area contributed by atoms with Crippen LogP contribution in [-0.2, 0) is 5.75 Å². The minimum Gasteiger partial charge on any atom is -0.213 e. The van der Waals surface area contributed by atoms with E-state index in [0.717, 1.165) is 15.7 Å². The molecule has 0 aliphatic heterocycles. The van der Waals surface area contributed by atoms with Gasteiger partial charge in [-0.3, -0.25) is 0 Å². The molecule has 1 aromatic carbocycles. The Morgan fingerprint density at radius 1 is 1.47 bits per heavy atom. The molecule has 2 rings (SSSR count). The lowest BCUT2D eigenvalue weighted by molar-refractivity contribution is 0.626. The average Bonchev–Trinajstić information content (AvgIpc) is 2.72. The van der Waals surface area contributed by atoms with Crippen molar-refractivity contribution in [2.24, 2.45) is 0 Å². The zero-order valence-electron chi connectivity index (χ0n) is 8.98. The van der Waals surface area contributed by atoms with Gasteiger partial charge >= 0.3 is 0 Å². The summed E-state index contributed by atoms with van der Waals surface area (Å²) in [5, 5.41) is 8.73. The van der Waals surface area contributed by atoms with E-state index in [9.17, 15) is 4.39 Å². The molecule has 86 valence electrons. The summed E-state index contributed by atoms with van der Waals surface area (Å²) >= 11 is 2.82. The third-order valence-electron chi connectivity index (χ3n) is 1.96. The summed E-state index contributed by atoms with van der Waals surface area (Å²) in [6.45, 7) is 1.83. The van der Waals surface area contributed by atoms with Crippen LogP contribution in [0.25, 0.3) is 0 Å². The molecule has 6 heteroatoms. The number of thioether (sulfide) groups is 1. The van der Waals surface area contributed by atoms with Gasteiger partial charge < -0.3 is 0 Å². The summed E-state index contributed by atoms with van der Waals surface area (Å²) in [4.78, 5) is 4.20. The zero-order valence-corrected chi connectivity index (χ0v) is 10.6. The molecular formula is C11H8FN3S2. The number of aryl methyl sites for hydroxylation is 1. The van der Waals surface area contributed by atoms with E-state index in [2.05, 4.69) is 9.36 Å². The quantitative estimate of drug-likeness (QED) is 0.800. The molecule has 17 heavy (non-hydrogen) atoms. The highest BCUT2D eigenvalue weighted by Crippen LogP contribution is 2.24. The molecule has 1 heterocycles. The molecule has 0 aliphatic carbocycles. The largest absolute Gasteiger partial charge is 0.213 e. The van der Waals surface area contributed by atoms with Crippen molar-refractivity contribution in [3.05, 3.63) is 41.0 Å². The predicted molar refractivity (Wildman–Crippen MR) is 65.3 cm³/mol. The highest BCUT2D eigenvalue weighted by Gasteiger charge is 2.04. The topological polar surface area (TPSA) is 49.6 Å². The van der Waals surface area contributed by atoms with E-state index >= 15 is 0 Å². The normalized spacial score (nSPS) is 10.2. The van der Waals surface area contributed by atoms with Gasteiger partial charge in [0.05, 0.1) is 11.6 Å². The maximum absolute atomic E-state index is 13.2. The van der Waals surface area contributed by atoms with E-state index in [1.54, 1.807) is 6.07 Å². The first kappa shape index (κ1) is 12.0. The number of hydrogen-bond acceptors (Lipinski definition) is 5. The van der Waals surface area contributed by atoms with Gasteiger partial charge in [-0.1, -0.05) is 11.8 Å². The number of nitriles is 1. The van der Waals surface area contributed by atoms with Crippen LogP contribution in [0, 0.1) is 24.1 Å². The Morgan fingerprint density at radius 3 is 2.94 bits per heavy atom. The van der Waals surface area contributed by atoms with Crippen molar-refractivity contribution in [2.45, 2.75) is 17.0 Å². The summed E-state index contributed by atoms with van der Waals surface area (Å²) in [7, 11) is 0. The Balaban J connectivity index is 2.09. The van der Waals surface area contributed by atoms with Crippen molar-refractivity contribution < 1.29 is 4.39 Å². The maximum atomic E-state index is 13.2. The lowest BCUT2D eigenvalue weighted by Gasteiger charge is -2.00. The third-order valence-corrected chi connectivity index (χ3v) is 3.95. The van der Waals surface area contributed by atoms with Gasteiger partial charge in [-0.2, -0.15) is 9.64 Å². The van der Waals surface area contributed by atoms with Crippen LogP contribution in [0.2, 0.25) is 0 Å². The third kappa shape index (κ3) is 3.25. The maximum Gasteiger partial charge on any atom is 0.170 e. The van der Waals surface area contributed by atoms with E-state index in [1.807, 2.05) is 13.0 Å². The molecule has 0 unspecified atom stereocenters. The zero-order chi connectivity index (χ0) is 12.3. The van der Waals surface area contributed by atoms with Crippen molar-refractivity contribution >= 4 is 23.3 Å². The Hall–Kier alpha value is -1.45. The molecular weight excluding hydrogens is 257 g/mol. The smallest absolute Gasteiger partial charge is 0.170 e. The van der Waals surface area contributed by atoms with Gasteiger partial charge in [0.25, 0.3) is 0 Å². The van der Waals surface area contributed by atoms with E-state index in [1.165, 1.54) is 35.4 Å². The molecule has 0 aliphatic rings. The molecule has 1 aromatic heterocycles. The molecule has 0 fully saturated rings. The molecule has 0 N–H and O–H groups in total. The minimum atomic E-state index is -0.381.